The van der Waals surface area contributed by atoms with Gasteiger partial charge in [-0.25, -0.2) is 12.8 Å². The zero-order valence-corrected chi connectivity index (χ0v) is 18.3. The first-order chi connectivity index (χ1) is 15.1. The molecule has 3 aromatic rings. The molecule has 15 heteroatoms. The topological polar surface area (TPSA) is 132 Å². The summed E-state index contributed by atoms with van der Waals surface area (Å²) in [6.07, 6.45) is 0.668. The number of amides is 1. The molecule has 0 unspecified atom stereocenters. The fourth-order valence-corrected chi connectivity index (χ4v) is 3.82. The first-order valence-corrected chi connectivity index (χ1v) is 12.0. The van der Waals surface area contributed by atoms with Gasteiger partial charge in [0.05, 0.1) is 17.5 Å². The van der Waals surface area contributed by atoms with Crippen LogP contribution in [0.15, 0.2) is 40.8 Å². The third-order valence-corrected chi connectivity index (χ3v) is 5.69. The molecule has 1 amide bonds. The fraction of sp³-hybridized carbons (Fsp3) is 0.167. The Kier molecular flexibility index (Phi) is 6.06. The summed E-state index contributed by atoms with van der Waals surface area (Å²) in [4.78, 5) is 12.5. The van der Waals surface area contributed by atoms with Crippen molar-refractivity contribution in [3.8, 4) is 17.1 Å². The molecule has 0 aliphatic carbocycles. The maximum Gasteiger partial charge on any atom is 0.534 e. The van der Waals surface area contributed by atoms with E-state index in [4.69, 9.17) is 4.42 Å². The van der Waals surface area contributed by atoms with Gasteiger partial charge in [0.1, 0.15) is 17.2 Å². The molecule has 0 bridgehead atoms. The summed E-state index contributed by atoms with van der Waals surface area (Å²) in [5.74, 6) is -2.56. The van der Waals surface area contributed by atoms with E-state index in [1.165, 1.54) is 19.2 Å². The lowest BCUT2D eigenvalue weighted by Gasteiger charge is -2.13. The zero-order chi connectivity index (χ0) is 24.8. The Bertz CT molecular complexity index is 1450. The van der Waals surface area contributed by atoms with Crippen molar-refractivity contribution in [3.63, 3.8) is 0 Å². The highest BCUT2D eigenvalue weighted by Crippen LogP contribution is 2.41. The molecule has 1 heterocycles. The van der Waals surface area contributed by atoms with E-state index in [2.05, 4.69) is 9.50 Å². The molecule has 178 valence electrons. The van der Waals surface area contributed by atoms with E-state index in [-0.39, 0.29) is 27.9 Å². The summed E-state index contributed by atoms with van der Waals surface area (Å²) in [6, 6.07) is 6.24. The Morgan fingerprint density at radius 2 is 1.67 bits per heavy atom. The normalized spacial score (nSPS) is 12.5. The molecule has 0 aliphatic heterocycles. The van der Waals surface area contributed by atoms with Gasteiger partial charge in [-0.05, 0) is 30.3 Å². The number of rotatable bonds is 6. The van der Waals surface area contributed by atoms with Crippen molar-refractivity contribution in [3.05, 3.63) is 47.8 Å². The first-order valence-electron chi connectivity index (χ1n) is 8.70. The standard InChI is InChI=1S/C18H14F4N2O7S2/c1-23-17(25)15-11-7-14(31-33(28,29)18(20,21)22)12(24-32(2,26)27)8-13(11)30-16(15)9-3-5-10(19)6-4-9/h3-8,24H,1-2H3,(H,23,25). The molecule has 0 fully saturated rings. The van der Waals surface area contributed by atoms with Gasteiger partial charge in [-0.15, -0.1) is 0 Å². The van der Waals surface area contributed by atoms with Crippen LogP contribution in [0.4, 0.5) is 23.2 Å². The number of alkyl halides is 3. The summed E-state index contributed by atoms with van der Waals surface area (Å²) in [6.45, 7) is 0. The van der Waals surface area contributed by atoms with Gasteiger partial charge in [-0.3, -0.25) is 9.52 Å². The van der Waals surface area contributed by atoms with Crippen LogP contribution in [0.1, 0.15) is 10.4 Å². The van der Waals surface area contributed by atoms with E-state index in [9.17, 15) is 39.2 Å². The van der Waals surface area contributed by atoms with Crippen molar-refractivity contribution in [2.75, 3.05) is 18.0 Å². The number of carbonyl (C=O) groups is 1. The van der Waals surface area contributed by atoms with Gasteiger partial charge in [-0.1, -0.05) is 0 Å². The minimum absolute atomic E-state index is 0.134. The van der Waals surface area contributed by atoms with Crippen molar-refractivity contribution >= 4 is 42.7 Å². The molecule has 1 aromatic heterocycles. The highest BCUT2D eigenvalue weighted by atomic mass is 32.2. The van der Waals surface area contributed by atoms with E-state index in [0.717, 1.165) is 18.2 Å². The number of nitrogens with one attached hydrogen (secondary N) is 2. The molecule has 2 N–H and O–H groups in total. The largest absolute Gasteiger partial charge is 0.534 e. The molecule has 0 aliphatic rings. The highest BCUT2D eigenvalue weighted by molar-refractivity contribution is 7.92. The van der Waals surface area contributed by atoms with E-state index >= 15 is 0 Å². The third kappa shape index (κ3) is 5.03. The predicted molar refractivity (Wildman–Crippen MR) is 109 cm³/mol. The van der Waals surface area contributed by atoms with Crippen molar-refractivity contribution in [2.45, 2.75) is 5.51 Å². The summed E-state index contributed by atoms with van der Waals surface area (Å²) in [5, 5.41) is 2.11. The third-order valence-electron chi connectivity index (χ3n) is 4.13. The average Bonchev–Trinajstić information content (AvgIpc) is 3.04. The van der Waals surface area contributed by atoms with Crippen molar-refractivity contribution in [1.82, 2.24) is 5.32 Å². The van der Waals surface area contributed by atoms with Crippen LogP contribution < -0.4 is 14.2 Å². The second-order valence-electron chi connectivity index (χ2n) is 6.59. The Morgan fingerprint density at radius 3 is 2.18 bits per heavy atom. The number of carbonyl (C=O) groups excluding carboxylic acids is 1. The Balaban J connectivity index is 2.34. The second-order valence-corrected chi connectivity index (χ2v) is 9.88. The SMILES string of the molecule is CNC(=O)c1c(-c2ccc(F)cc2)oc2cc(NS(C)(=O)=O)c(OS(=O)(=O)C(F)(F)F)cc12. The quantitative estimate of drug-likeness (QED) is 0.296. The first kappa shape index (κ1) is 24.3. The molecular formula is C18H14F4N2O7S2. The Morgan fingerprint density at radius 1 is 1.06 bits per heavy atom. The molecule has 33 heavy (non-hydrogen) atoms. The van der Waals surface area contributed by atoms with E-state index in [0.29, 0.717) is 12.3 Å². The summed E-state index contributed by atoms with van der Waals surface area (Å²) < 4.78 is 110. The fourth-order valence-electron chi connectivity index (χ4n) is 2.79. The molecule has 9 nitrogen and oxygen atoms in total. The Labute approximate surface area is 184 Å². The number of fused-ring (bicyclic) bond motifs is 1. The lowest BCUT2D eigenvalue weighted by Crippen LogP contribution is -2.28. The number of anilines is 1. The zero-order valence-electron chi connectivity index (χ0n) is 16.7. The van der Waals surface area contributed by atoms with Crippen LogP contribution in [-0.4, -0.2) is 41.6 Å². The molecule has 0 spiro atoms. The van der Waals surface area contributed by atoms with Crippen molar-refractivity contribution in [2.24, 2.45) is 0 Å². The van der Waals surface area contributed by atoms with Crippen LogP contribution in [0.2, 0.25) is 0 Å². The van der Waals surface area contributed by atoms with Gasteiger partial charge in [-0.2, -0.15) is 21.6 Å². The molecule has 0 saturated heterocycles. The number of benzene rings is 2. The van der Waals surface area contributed by atoms with Crippen LogP contribution in [0.5, 0.6) is 5.75 Å². The molecule has 2 aromatic carbocycles. The molecule has 0 radical (unpaired) electrons. The van der Waals surface area contributed by atoms with E-state index < -0.39 is 48.8 Å². The smallest absolute Gasteiger partial charge is 0.455 e. The van der Waals surface area contributed by atoms with Gasteiger partial charge in [0, 0.05) is 24.1 Å². The maximum atomic E-state index is 13.3. The van der Waals surface area contributed by atoms with Crippen LogP contribution in [-0.2, 0) is 20.1 Å². The minimum atomic E-state index is -6.19. The summed E-state index contributed by atoms with van der Waals surface area (Å²) in [5.41, 5.74) is -6.74. The highest BCUT2D eigenvalue weighted by Gasteiger charge is 2.49. The van der Waals surface area contributed by atoms with Gasteiger partial charge in [0.15, 0.2) is 5.75 Å². The lowest BCUT2D eigenvalue weighted by atomic mass is 10.0. The number of furan rings is 1. The van der Waals surface area contributed by atoms with E-state index in [1.807, 2.05) is 4.72 Å². The van der Waals surface area contributed by atoms with Gasteiger partial charge in [0.25, 0.3) is 5.91 Å². The second kappa shape index (κ2) is 8.22. The summed E-state index contributed by atoms with van der Waals surface area (Å²) in [7, 11) is -9.05. The molecule has 0 saturated carbocycles. The molecular weight excluding hydrogens is 496 g/mol. The van der Waals surface area contributed by atoms with Gasteiger partial charge < -0.3 is 13.9 Å². The van der Waals surface area contributed by atoms with Gasteiger partial charge in [0.2, 0.25) is 10.0 Å². The predicted octanol–water partition coefficient (Wildman–Crippen LogP) is 3.20. The molecule has 0 atom stereocenters. The van der Waals surface area contributed by atoms with Crippen LogP contribution in [0, 0.1) is 5.82 Å². The maximum absolute atomic E-state index is 13.3. The molecule has 3 rings (SSSR count). The Hall–Kier alpha value is -3.33. The minimum Gasteiger partial charge on any atom is -0.455 e. The summed E-state index contributed by atoms with van der Waals surface area (Å²) >= 11 is 0. The van der Waals surface area contributed by atoms with Crippen LogP contribution in [0.3, 0.4) is 0 Å². The average molecular weight is 510 g/mol. The number of halogens is 4. The van der Waals surface area contributed by atoms with Crippen LogP contribution >= 0.6 is 0 Å². The van der Waals surface area contributed by atoms with Crippen LogP contribution in [0.25, 0.3) is 22.3 Å². The lowest BCUT2D eigenvalue weighted by molar-refractivity contribution is -0.0499. The number of sulfonamides is 1. The van der Waals surface area contributed by atoms with Crippen molar-refractivity contribution in [1.29, 1.82) is 0 Å². The van der Waals surface area contributed by atoms with Crippen molar-refractivity contribution < 1.29 is 47.8 Å². The number of hydrogen-bond acceptors (Lipinski definition) is 7. The van der Waals surface area contributed by atoms with Gasteiger partial charge >= 0.3 is 15.6 Å². The number of hydrogen-bond donors (Lipinski definition) is 2. The monoisotopic (exact) mass is 510 g/mol. The van der Waals surface area contributed by atoms with E-state index in [1.54, 1.807) is 0 Å².